The zero-order valence-corrected chi connectivity index (χ0v) is 17.5. The second-order valence-electron chi connectivity index (χ2n) is 7.03. The van der Waals surface area contributed by atoms with Crippen molar-refractivity contribution in [2.24, 2.45) is 0 Å². The maximum absolute atomic E-state index is 6.29. The maximum Gasteiger partial charge on any atom is 0.160 e. The molecule has 0 atom stereocenters. The van der Waals surface area contributed by atoms with Crippen molar-refractivity contribution in [2.75, 3.05) is 14.2 Å². The van der Waals surface area contributed by atoms with Crippen LogP contribution in [0, 0.1) is 6.92 Å². The second-order valence-corrected chi connectivity index (χ2v) is 7.46. The Balaban J connectivity index is 1.73. The Kier molecular flexibility index (Phi) is 5.45. The highest BCUT2D eigenvalue weighted by Gasteiger charge is 2.14. The molecule has 0 unspecified atom stereocenters. The number of rotatable bonds is 6. The molecule has 4 rings (SSSR count). The van der Waals surface area contributed by atoms with E-state index in [4.69, 9.17) is 26.1 Å². The standard InChI is InChI=1S/C24H23ClN2O2/c1-16-4-7-18(8-5-16)24-26-20-10-9-19(25)15-21(20)27(24)13-12-17-6-11-22(28-2)23(14-17)29-3/h4-11,14-15H,12-13H2,1-3H3. The topological polar surface area (TPSA) is 36.3 Å². The van der Waals surface area contributed by atoms with Crippen LogP contribution in [0.2, 0.25) is 5.02 Å². The van der Waals surface area contributed by atoms with Gasteiger partial charge in [-0.1, -0.05) is 47.5 Å². The van der Waals surface area contributed by atoms with Crippen molar-refractivity contribution in [3.8, 4) is 22.9 Å². The Bertz CT molecular complexity index is 1150. The molecule has 148 valence electrons. The van der Waals surface area contributed by atoms with Gasteiger partial charge in [0.25, 0.3) is 0 Å². The molecule has 1 aromatic heterocycles. The molecule has 0 fully saturated rings. The monoisotopic (exact) mass is 406 g/mol. The first-order valence-electron chi connectivity index (χ1n) is 9.53. The number of imidazole rings is 1. The van der Waals surface area contributed by atoms with Crippen LogP contribution in [0.3, 0.4) is 0 Å². The largest absolute Gasteiger partial charge is 0.493 e. The van der Waals surface area contributed by atoms with Gasteiger partial charge in [0.1, 0.15) is 5.82 Å². The smallest absolute Gasteiger partial charge is 0.160 e. The number of aromatic nitrogens is 2. The summed E-state index contributed by atoms with van der Waals surface area (Å²) in [7, 11) is 3.30. The van der Waals surface area contributed by atoms with Crippen LogP contribution in [0.25, 0.3) is 22.4 Å². The van der Waals surface area contributed by atoms with Crippen molar-refractivity contribution in [2.45, 2.75) is 19.9 Å². The summed E-state index contributed by atoms with van der Waals surface area (Å²) in [6.45, 7) is 2.86. The van der Waals surface area contributed by atoms with Crippen LogP contribution in [0.15, 0.2) is 60.7 Å². The maximum atomic E-state index is 6.29. The lowest BCUT2D eigenvalue weighted by Gasteiger charge is -2.12. The fourth-order valence-electron chi connectivity index (χ4n) is 3.52. The van der Waals surface area contributed by atoms with E-state index < -0.39 is 0 Å². The van der Waals surface area contributed by atoms with E-state index in [2.05, 4.69) is 41.8 Å². The summed E-state index contributed by atoms with van der Waals surface area (Å²) in [5, 5.41) is 0.709. The normalized spacial score (nSPS) is 11.0. The molecular formula is C24H23ClN2O2. The fourth-order valence-corrected chi connectivity index (χ4v) is 3.69. The lowest BCUT2D eigenvalue weighted by Crippen LogP contribution is -2.04. The molecule has 0 saturated carbocycles. The summed E-state index contributed by atoms with van der Waals surface area (Å²) in [6.07, 6.45) is 0.831. The van der Waals surface area contributed by atoms with Crippen molar-refractivity contribution in [3.63, 3.8) is 0 Å². The third-order valence-electron chi connectivity index (χ3n) is 5.09. The zero-order valence-electron chi connectivity index (χ0n) is 16.8. The van der Waals surface area contributed by atoms with Crippen molar-refractivity contribution < 1.29 is 9.47 Å². The van der Waals surface area contributed by atoms with E-state index in [1.165, 1.54) is 11.1 Å². The van der Waals surface area contributed by atoms with Crippen molar-refractivity contribution in [1.29, 1.82) is 0 Å². The number of aryl methyl sites for hydroxylation is 3. The van der Waals surface area contributed by atoms with E-state index in [-0.39, 0.29) is 0 Å². The van der Waals surface area contributed by atoms with Crippen LogP contribution >= 0.6 is 11.6 Å². The van der Waals surface area contributed by atoms with E-state index in [9.17, 15) is 0 Å². The van der Waals surface area contributed by atoms with Gasteiger partial charge in [-0.3, -0.25) is 0 Å². The lowest BCUT2D eigenvalue weighted by atomic mass is 10.1. The second kappa shape index (κ2) is 8.18. The Morgan fingerprint density at radius 2 is 1.66 bits per heavy atom. The lowest BCUT2D eigenvalue weighted by molar-refractivity contribution is 0.354. The molecule has 0 spiro atoms. The van der Waals surface area contributed by atoms with Crippen LogP contribution in [0.4, 0.5) is 0 Å². The molecule has 0 radical (unpaired) electrons. The molecule has 0 N–H and O–H groups in total. The predicted molar refractivity (Wildman–Crippen MR) is 118 cm³/mol. The highest BCUT2D eigenvalue weighted by molar-refractivity contribution is 6.31. The van der Waals surface area contributed by atoms with Gasteiger partial charge in [0.15, 0.2) is 11.5 Å². The van der Waals surface area contributed by atoms with E-state index in [0.29, 0.717) is 5.02 Å². The Morgan fingerprint density at radius 3 is 2.38 bits per heavy atom. The summed E-state index contributed by atoms with van der Waals surface area (Å²) in [4.78, 5) is 4.89. The van der Waals surface area contributed by atoms with Gasteiger partial charge >= 0.3 is 0 Å². The third-order valence-corrected chi connectivity index (χ3v) is 5.33. The average Bonchev–Trinajstić information content (AvgIpc) is 3.10. The fraction of sp³-hybridized carbons (Fsp3) is 0.208. The molecule has 3 aromatic carbocycles. The molecule has 0 amide bonds. The Hall–Kier alpha value is -2.98. The summed E-state index contributed by atoms with van der Waals surface area (Å²) < 4.78 is 13.0. The predicted octanol–water partition coefficient (Wildman–Crippen LogP) is 5.93. The molecular weight excluding hydrogens is 384 g/mol. The van der Waals surface area contributed by atoms with Gasteiger partial charge in [-0.05, 0) is 49.2 Å². The van der Waals surface area contributed by atoms with Crippen LogP contribution in [-0.2, 0) is 13.0 Å². The number of methoxy groups -OCH3 is 2. The molecule has 0 aliphatic heterocycles. The summed E-state index contributed by atoms with van der Waals surface area (Å²) in [6, 6.07) is 20.3. The summed E-state index contributed by atoms with van der Waals surface area (Å²) in [5.74, 6) is 2.42. The molecule has 0 aliphatic rings. The Labute approximate surface area is 175 Å². The highest BCUT2D eigenvalue weighted by atomic mass is 35.5. The third kappa shape index (κ3) is 3.94. The number of fused-ring (bicyclic) bond motifs is 1. The Morgan fingerprint density at radius 1 is 0.897 bits per heavy atom. The first-order chi connectivity index (χ1) is 14.1. The highest BCUT2D eigenvalue weighted by Crippen LogP contribution is 2.30. The number of nitrogens with zero attached hydrogens (tertiary/aromatic N) is 2. The summed E-state index contributed by atoms with van der Waals surface area (Å²) in [5.41, 5.74) is 5.47. The van der Waals surface area contributed by atoms with Crippen molar-refractivity contribution in [1.82, 2.24) is 9.55 Å². The van der Waals surface area contributed by atoms with Crippen LogP contribution in [-0.4, -0.2) is 23.8 Å². The SMILES string of the molecule is COc1ccc(CCn2c(-c3ccc(C)cc3)nc3ccc(Cl)cc32)cc1OC. The number of halogens is 1. The van der Waals surface area contributed by atoms with Gasteiger partial charge in [-0.25, -0.2) is 4.98 Å². The van der Waals surface area contributed by atoms with Crippen LogP contribution < -0.4 is 9.47 Å². The number of ether oxygens (including phenoxy) is 2. The van der Waals surface area contributed by atoms with Gasteiger partial charge in [0.05, 0.1) is 25.3 Å². The number of hydrogen-bond donors (Lipinski definition) is 0. The van der Waals surface area contributed by atoms with Gasteiger partial charge in [0, 0.05) is 17.1 Å². The molecule has 0 saturated heterocycles. The molecule has 29 heavy (non-hydrogen) atoms. The van der Waals surface area contributed by atoms with E-state index in [1.54, 1.807) is 14.2 Å². The molecule has 0 bridgehead atoms. The van der Waals surface area contributed by atoms with Crippen molar-refractivity contribution >= 4 is 22.6 Å². The minimum Gasteiger partial charge on any atom is -0.493 e. The minimum absolute atomic E-state index is 0.709. The number of benzene rings is 3. The summed E-state index contributed by atoms with van der Waals surface area (Å²) >= 11 is 6.29. The zero-order chi connectivity index (χ0) is 20.4. The average molecular weight is 407 g/mol. The molecule has 4 aromatic rings. The first-order valence-corrected chi connectivity index (χ1v) is 9.90. The molecule has 1 heterocycles. The van der Waals surface area contributed by atoms with Gasteiger partial charge in [-0.2, -0.15) is 0 Å². The first kappa shape index (κ1) is 19.3. The van der Waals surface area contributed by atoms with E-state index in [1.807, 2.05) is 30.3 Å². The molecule has 4 nitrogen and oxygen atoms in total. The quantitative estimate of drug-likeness (QED) is 0.398. The van der Waals surface area contributed by atoms with Crippen LogP contribution in [0.5, 0.6) is 11.5 Å². The van der Waals surface area contributed by atoms with Gasteiger partial charge < -0.3 is 14.0 Å². The van der Waals surface area contributed by atoms with Gasteiger partial charge in [-0.15, -0.1) is 0 Å². The molecule has 0 aliphatic carbocycles. The number of hydrogen-bond acceptors (Lipinski definition) is 3. The van der Waals surface area contributed by atoms with Gasteiger partial charge in [0.2, 0.25) is 0 Å². The van der Waals surface area contributed by atoms with E-state index >= 15 is 0 Å². The minimum atomic E-state index is 0.709. The molecule has 5 heteroatoms. The van der Waals surface area contributed by atoms with Crippen molar-refractivity contribution in [3.05, 3.63) is 76.8 Å². The van der Waals surface area contributed by atoms with E-state index in [0.717, 1.165) is 46.9 Å². The van der Waals surface area contributed by atoms with Crippen LogP contribution in [0.1, 0.15) is 11.1 Å².